The summed E-state index contributed by atoms with van der Waals surface area (Å²) in [5.41, 5.74) is 1.25. The molecule has 5 heteroatoms. The van der Waals surface area contributed by atoms with E-state index in [1.807, 2.05) is 54.6 Å². The van der Waals surface area contributed by atoms with Crippen LogP contribution < -0.4 is 0 Å². The minimum atomic E-state index is -1.07. The van der Waals surface area contributed by atoms with Crippen molar-refractivity contribution < 1.29 is 14.3 Å². The quantitative estimate of drug-likeness (QED) is 0.409. The molecule has 1 N–H and O–H groups in total. The third kappa shape index (κ3) is 5.52. The minimum Gasteiger partial charge on any atom is -0.380 e. The van der Waals surface area contributed by atoms with Gasteiger partial charge in [-0.1, -0.05) is 54.1 Å². The minimum absolute atomic E-state index is 0.0473. The largest absolute Gasteiger partial charge is 0.380 e. The molecule has 0 saturated carbocycles. The summed E-state index contributed by atoms with van der Waals surface area (Å²) in [5.74, 6) is -0.201. The zero-order chi connectivity index (χ0) is 23.3. The Morgan fingerprint density at radius 1 is 0.939 bits per heavy atom. The average molecular weight is 466 g/mol. The molecule has 0 amide bonds. The number of nitrogens with zero attached hydrogens (tertiary/aromatic N) is 1. The Labute approximate surface area is 199 Å². The molecular formula is C28H29ClFNO2. The zero-order valence-electron chi connectivity index (χ0n) is 18.6. The SMILES string of the molecule is O=C(CCCN1CCC(C(O)(c2ccccc2)c2ccc(Cl)cc2)CC1)c1ccc(F)cc1. The smallest absolute Gasteiger partial charge is 0.162 e. The summed E-state index contributed by atoms with van der Waals surface area (Å²) >= 11 is 6.10. The second-order valence-electron chi connectivity index (χ2n) is 8.79. The Morgan fingerprint density at radius 3 is 2.18 bits per heavy atom. The maximum atomic E-state index is 13.1. The number of ketones is 1. The van der Waals surface area contributed by atoms with Gasteiger partial charge in [-0.3, -0.25) is 4.79 Å². The Hall–Kier alpha value is -2.53. The van der Waals surface area contributed by atoms with Crippen molar-refractivity contribution in [2.45, 2.75) is 31.3 Å². The van der Waals surface area contributed by atoms with Crippen LogP contribution in [0.5, 0.6) is 0 Å². The Balaban J connectivity index is 1.37. The lowest BCUT2D eigenvalue weighted by Crippen LogP contribution is -2.44. The van der Waals surface area contributed by atoms with Crippen molar-refractivity contribution in [1.82, 2.24) is 4.90 Å². The molecule has 3 aromatic carbocycles. The number of hydrogen-bond acceptors (Lipinski definition) is 3. The summed E-state index contributed by atoms with van der Waals surface area (Å²) in [4.78, 5) is 14.7. The van der Waals surface area contributed by atoms with Crippen molar-refractivity contribution >= 4 is 17.4 Å². The Bertz CT molecular complexity index is 1050. The molecule has 1 aliphatic rings. The van der Waals surface area contributed by atoms with Gasteiger partial charge < -0.3 is 10.0 Å². The molecule has 1 heterocycles. The van der Waals surface area contributed by atoms with Gasteiger partial charge in [0.05, 0.1) is 0 Å². The van der Waals surface area contributed by atoms with Crippen LogP contribution in [0.2, 0.25) is 5.02 Å². The maximum Gasteiger partial charge on any atom is 0.162 e. The third-order valence-corrected chi connectivity index (χ3v) is 6.97. The van der Waals surface area contributed by atoms with Crippen molar-refractivity contribution in [3.8, 4) is 0 Å². The number of aliphatic hydroxyl groups is 1. The summed E-state index contributed by atoms with van der Waals surface area (Å²) in [6, 6.07) is 23.1. The number of Topliss-reactive ketones (excluding diaryl/α,β-unsaturated/α-hetero) is 1. The van der Waals surface area contributed by atoms with Gasteiger partial charge in [0.1, 0.15) is 11.4 Å². The fourth-order valence-corrected chi connectivity index (χ4v) is 4.98. The first-order valence-corrected chi connectivity index (χ1v) is 11.9. The number of rotatable bonds is 8. The second kappa shape index (κ2) is 10.6. The van der Waals surface area contributed by atoms with Gasteiger partial charge in [-0.2, -0.15) is 0 Å². The molecule has 172 valence electrons. The molecule has 4 rings (SSSR count). The lowest BCUT2D eigenvalue weighted by atomic mass is 9.72. The molecule has 0 radical (unpaired) electrons. The summed E-state index contributed by atoms with van der Waals surface area (Å²) in [7, 11) is 0. The van der Waals surface area contributed by atoms with Crippen LogP contribution in [-0.2, 0) is 5.60 Å². The van der Waals surface area contributed by atoms with Gasteiger partial charge in [-0.05, 0) is 92.3 Å². The van der Waals surface area contributed by atoms with Gasteiger partial charge in [0.25, 0.3) is 0 Å². The molecule has 1 unspecified atom stereocenters. The van der Waals surface area contributed by atoms with Crippen LogP contribution in [0.15, 0.2) is 78.9 Å². The fraction of sp³-hybridized carbons (Fsp3) is 0.321. The van der Waals surface area contributed by atoms with Crippen molar-refractivity contribution in [3.63, 3.8) is 0 Å². The number of piperidine rings is 1. The third-order valence-electron chi connectivity index (χ3n) is 6.72. The van der Waals surface area contributed by atoms with E-state index < -0.39 is 5.60 Å². The van der Waals surface area contributed by atoms with Gasteiger partial charge in [-0.25, -0.2) is 4.39 Å². The van der Waals surface area contributed by atoms with E-state index in [0.717, 1.165) is 50.0 Å². The van der Waals surface area contributed by atoms with Crippen LogP contribution in [0.4, 0.5) is 4.39 Å². The number of benzene rings is 3. The van der Waals surface area contributed by atoms with Crippen LogP contribution in [-0.4, -0.2) is 35.4 Å². The number of likely N-dealkylation sites (tertiary alicyclic amines) is 1. The van der Waals surface area contributed by atoms with E-state index in [-0.39, 0.29) is 17.5 Å². The van der Waals surface area contributed by atoms with Crippen molar-refractivity contribution in [3.05, 3.63) is 106 Å². The lowest BCUT2D eigenvalue weighted by Gasteiger charge is -2.42. The summed E-state index contributed by atoms with van der Waals surface area (Å²) in [5, 5.41) is 12.7. The van der Waals surface area contributed by atoms with E-state index >= 15 is 0 Å². The fourth-order valence-electron chi connectivity index (χ4n) is 4.85. The van der Waals surface area contributed by atoms with Crippen LogP contribution in [0.3, 0.4) is 0 Å². The van der Waals surface area contributed by atoms with Crippen LogP contribution in [0, 0.1) is 11.7 Å². The first-order chi connectivity index (χ1) is 16.0. The van der Waals surface area contributed by atoms with Gasteiger partial charge >= 0.3 is 0 Å². The second-order valence-corrected chi connectivity index (χ2v) is 9.23. The van der Waals surface area contributed by atoms with Crippen LogP contribution >= 0.6 is 11.6 Å². The lowest BCUT2D eigenvalue weighted by molar-refractivity contribution is -0.0142. The first kappa shape index (κ1) is 23.6. The van der Waals surface area contributed by atoms with Crippen molar-refractivity contribution in [1.29, 1.82) is 0 Å². The van der Waals surface area contributed by atoms with E-state index in [9.17, 15) is 14.3 Å². The monoisotopic (exact) mass is 465 g/mol. The topological polar surface area (TPSA) is 40.5 Å². The van der Waals surface area contributed by atoms with Gasteiger partial charge in [0, 0.05) is 17.0 Å². The van der Waals surface area contributed by atoms with E-state index in [1.54, 1.807) is 12.1 Å². The molecule has 3 nitrogen and oxygen atoms in total. The van der Waals surface area contributed by atoms with E-state index in [0.29, 0.717) is 17.0 Å². The highest BCUT2D eigenvalue weighted by atomic mass is 35.5. The highest BCUT2D eigenvalue weighted by molar-refractivity contribution is 6.30. The summed E-state index contributed by atoms with van der Waals surface area (Å²) in [6.07, 6.45) is 2.94. The number of halogens is 2. The molecular weight excluding hydrogens is 437 g/mol. The summed E-state index contributed by atoms with van der Waals surface area (Å²) < 4.78 is 13.1. The van der Waals surface area contributed by atoms with Gasteiger partial charge in [-0.15, -0.1) is 0 Å². The average Bonchev–Trinajstić information content (AvgIpc) is 2.85. The van der Waals surface area contributed by atoms with E-state index in [2.05, 4.69) is 4.90 Å². The molecule has 0 bridgehead atoms. The number of hydrogen-bond donors (Lipinski definition) is 1. The van der Waals surface area contributed by atoms with Gasteiger partial charge in [0.15, 0.2) is 5.78 Å². The molecule has 3 aromatic rings. The predicted molar refractivity (Wildman–Crippen MR) is 130 cm³/mol. The highest BCUT2D eigenvalue weighted by Gasteiger charge is 2.41. The van der Waals surface area contributed by atoms with Crippen molar-refractivity contribution in [2.75, 3.05) is 19.6 Å². The van der Waals surface area contributed by atoms with Gasteiger partial charge in [0.2, 0.25) is 0 Å². The van der Waals surface area contributed by atoms with E-state index in [4.69, 9.17) is 11.6 Å². The highest BCUT2D eigenvalue weighted by Crippen LogP contribution is 2.42. The standard InChI is InChI=1S/C28H29ClFNO2/c29-25-12-10-23(11-13-25)28(33,22-5-2-1-3-6-22)24-16-19-31(20-17-24)18-4-7-27(32)21-8-14-26(30)15-9-21/h1-3,5-6,8-15,24,33H,4,7,16-20H2. The Kier molecular flexibility index (Phi) is 7.59. The molecule has 1 aliphatic heterocycles. The molecule has 33 heavy (non-hydrogen) atoms. The molecule has 0 aliphatic carbocycles. The normalized spacial score (nSPS) is 16.9. The number of carbonyl (C=O) groups is 1. The number of carbonyl (C=O) groups excluding carboxylic acids is 1. The van der Waals surface area contributed by atoms with Crippen LogP contribution in [0.1, 0.15) is 47.2 Å². The van der Waals surface area contributed by atoms with Crippen LogP contribution in [0.25, 0.3) is 0 Å². The van der Waals surface area contributed by atoms with Crippen molar-refractivity contribution in [2.24, 2.45) is 5.92 Å². The summed E-state index contributed by atoms with van der Waals surface area (Å²) in [6.45, 7) is 2.58. The van der Waals surface area contributed by atoms with E-state index in [1.165, 1.54) is 12.1 Å². The zero-order valence-corrected chi connectivity index (χ0v) is 19.3. The Morgan fingerprint density at radius 2 is 1.55 bits per heavy atom. The molecule has 1 fully saturated rings. The first-order valence-electron chi connectivity index (χ1n) is 11.5. The molecule has 1 saturated heterocycles. The molecule has 0 aromatic heterocycles. The predicted octanol–water partition coefficient (Wildman–Crippen LogP) is 6.09. The maximum absolute atomic E-state index is 13.1. The molecule has 1 atom stereocenters. The molecule has 0 spiro atoms.